The molecule has 3 N–H and O–H groups in total. The van der Waals surface area contributed by atoms with Gasteiger partial charge in [0.2, 0.25) is 5.91 Å². The van der Waals surface area contributed by atoms with E-state index in [0.717, 1.165) is 31.2 Å². The minimum Gasteiger partial charge on any atom is -0.349 e. The van der Waals surface area contributed by atoms with Gasteiger partial charge in [0.15, 0.2) is 0 Å². The lowest BCUT2D eigenvalue weighted by atomic mass is 9.73. The topological polar surface area (TPSA) is 55.1 Å². The van der Waals surface area contributed by atoms with Crippen LogP contribution in [-0.4, -0.2) is 12.5 Å². The fourth-order valence-electron chi connectivity index (χ4n) is 3.12. The highest BCUT2D eigenvalue weighted by atomic mass is 16.2. The number of carbonyl (C=O) groups is 1. The maximum Gasteiger partial charge on any atom is 0.227 e. The van der Waals surface area contributed by atoms with E-state index in [-0.39, 0.29) is 17.4 Å². The van der Waals surface area contributed by atoms with Gasteiger partial charge in [-0.05, 0) is 32.3 Å². The first-order valence-electron chi connectivity index (χ1n) is 7.65. The second-order valence-electron chi connectivity index (χ2n) is 6.15. The summed E-state index contributed by atoms with van der Waals surface area (Å²) >= 11 is 0. The number of hydrogen-bond acceptors (Lipinski definition) is 2. The Morgan fingerprint density at radius 3 is 2.65 bits per heavy atom. The van der Waals surface area contributed by atoms with E-state index in [0.29, 0.717) is 6.54 Å². The fraction of sp³-hybridized carbons (Fsp3) is 0.588. The number of aryl methyl sites for hydroxylation is 1. The maximum atomic E-state index is 12.6. The predicted molar refractivity (Wildman–Crippen MR) is 82.3 cm³/mol. The lowest BCUT2D eigenvalue weighted by Gasteiger charge is -2.35. The zero-order valence-electron chi connectivity index (χ0n) is 12.6. The Hall–Kier alpha value is -1.35. The zero-order chi connectivity index (χ0) is 14.6. The summed E-state index contributed by atoms with van der Waals surface area (Å²) in [5.41, 5.74) is 7.95. The Labute approximate surface area is 121 Å². The summed E-state index contributed by atoms with van der Waals surface area (Å²) in [6.45, 7) is 4.57. The van der Waals surface area contributed by atoms with Gasteiger partial charge in [0.1, 0.15) is 0 Å². The molecular weight excluding hydrogens is 248 g/mol. The van der Waals surface area contributed by atoms with E-state index >= 15 is 0 Å². The Morgan fingerprint density at radius 2 is 2.05 bits per heavy atom. The van der Waals surface area contributed by atoms with Crippen molar-refractivity contribution in [3.8, 4) is 0 Å². The molecule has 1 saturated carbocycles. The number of rotatable bonds is 4. The van der Waals surface area contributed by atoms with Gasteiger partial charge in [-0.2, -0.15) is 0 Å². The fourth-order valence-corrected chi connectivity index (χ4v) is 3.12. The number of carbonyl (C=O) groups excluding carboxylic acids is 1. The average molecular weight is 274 g/mol. The molecule has 1 aromatic carbocycles. The molecule has 1 amide bonds. The summed E-state index contributed by atoms with van der Waals surface area (Å²) in [6, 6.07) is 8.33. The molecule has 2 rings (SSSR count). The maximum absolute atomic E-state index is 12.6. The first kappa shape index (κ1) is 15.0. The van der Waals surface area contributed by atoms with Crippen molar-refractivity contribution >= 4 is 5.91 Å². The zero-order valence-corrected chi connectivity index (χ0v) is 12.6. The normalized spacial score (nSPS) is 19.4. The van der Waals surface area contributed by atoms with E-state index in [1.54, 1.807) is 0 Å². The van der Waals surface area contributed by atoms with Crippen LogP contribution in [0.2, 0.25) is 0 Å². The van der Waals surface area contributed by atoms with Crippen molar-refractivity contribution in [1.82, 2.24) is 5.32 Å². The van der Waals surface area contributed by atoms with Crippen molar-refractivity contribution in [3.05, 3.63) is 35.4 Å². The minimum atomic E-state index is -0.337. The van der Waals surface area contributed by atoms with Gasteiger partial charge in [-0.3, -0.25) is 4.79 Å². The summed E-state index contributed by atoms with van der Waals surface area (Å²) in [5, 5.41) is 3.17. The molecule has 0 bridgehead atoms. The van der Waals surface area contributed by atoms with Crippen LogP contribution in [0, 0.1) is 12.3 Å². The highest BCUT2D eigenvalue weighted by molar-refractivity contribution is 5.83. The quantitative estimate of drug-likeness (QED) is 0.886. The molecule has 110 valence electrons. The van der Waals surface area contributed by atoms with Crippen LogP contribution in [0.3, 0.4) is 0 Å². The average Bonchev–Trinajstić information content (AvgIpc) is 2.47. The summed E-state index contributed by atoms with van der Waals surface area (Å²) < 4.78 is 0. The molecule has 0 saturated heterocycles. The Balaban J connectivity index is 2.06. The van der Waals surface area contributed by atoms with Crippen LogP contribution in [0.25, 0.3) is 0 Å². The van der Waals surface area contributed by atoms with E-state index in [9.17, 15) is 4.79 Å². The molecule has 0 aromatic heterocycles. The van der Waals surface area contributed by atoms with Crippen LogP contribution < -0.4 is 11.1 Å². The molecule has 3 nitrogen and oxygen atoms in total. The van der Waals surface area contributed by atoms with Crippen LogP contribution in [0.5, 0.6) is 0 Å². The van der Waals surface area contributed by atoms with Gasteiger partial charge in [-0.15, -0.1) is 0 Å². The van der Waals surface area contributed by atoms with Crippen molar-refractivity contribution in [2.75, 3.05) is 6.54 Å². The summed E-state index contributed by atoms with van der Waals surface area (Å²) in [5.74, 6) is 0.133. The van der Waals surface area contributed by atoms with Crippen LogP contribution in [0.4, 0.5) is 0 Å². The summed E-state index contributed by atoms with van der Waals surface area (Å²) in [6.07, 6.45) is 5.31. The van der Waals surface area contributed by atoms with E-state index in [1.807, 2.05) is 13.0 Å². The van der Waals surface area contributed by atoms with Crippen molar-refractivity contribution in [2.24, 2.45) is 11.1 Å². The number of nitrogens with one attached hydrogen (secondary N) is 1. The standard InChI is InChI=1S/C17H26N2O/c1-13-7-6-8-15(11-13)14(2)19-16(20)17(12-18)9-4-3-5-10-17/h6-8,11,14H,3-5,9-10,12,18H2,1-2H3,(H,19,20)/t14-/m1/s1. The predicted octanol–water partition coefficient (Wildman–Crippen LogP) is 3.08. The molecular formula is C17H26N2O. The molecule has 0 heterocycles. The molecule has 1 fully saturated rings. The summed E-state index contributed by atoms with van der Waals surface area (Å²) in [4.78, 5) is 12.6. The third kappa shape index (κ3) is 3.21. The van der Waals surface area contributed by atoms with Gasteiger partial charge in [-0.1, -0.05) is 49.1 Å². The first-order chi connectivity index (χ1) is 9.57. The monoisotopic (exact) mass is 274 g/mol. The number of benzene rings is 1. The molecule has 1 atom stereocenters. The van der Waals surface area contributed by atoms with E-state index < -0.39 is 0 Å². The van der Waals surface area contributed by atoms with E-state index in [4.69, 9.17) is 5.73 Å². The second-order valence-corrected chi connectivity index (χ2v) is 6.15. The second kappa shape index (κ2) is 6.40. The van der Waals surface area contributed by atoms with Gasteiger partial charge in [0.05, 0.1) is 11.5 Å². The molecule has 1 aliphatic carbocycles. The minimum absolute atomic E-state index is 0.0350. The largest absolute Gasteiger partial charge is 0.349 e. The molecule has 1 aromatic rings. The highest BCUT2D eigenvalue weighted by Gasteiger charge is 2.38. The summed E-state index contributed by atoms with van der Waals surface area (Å²) in [7, 11) is 0. The van der Waals surface area contributed by atoms with Crippen LogP contribution in [-0.2, 0) is 4.79 Å². The van der Waals surface area contributed by atoms with Gasteiger partial charge >= 0.3 is 0 Å². The Morgan fingerprint density at radius 1 is 1.35 bits per heavy atom. The van der Waals surface area contributed by atoms with Crippen molar-refractivity contribution < 1.29 is 4.79 Å². The van der Waals surface area contributed by atoms with Gasteiger partial charge in [0.25, 0.3) is 0 Å². The van der Waals surface area contributed by atoms with E-state index in [2.05, 4.69) is 30.4 Å². The number of nitrogens with two attached hydrogens (primary N) is 1. The molecule has 0 aliphatic heterocycles. The van der Waals surface area contributed by atoms with Crippen LogP contribution >= 0.6 is 0 Å². The Bertz CT molecular complexity index is 464. The van der Waals surface area contributed by atoms with E-state index in [1.165, 1.54) is 12.0 Å². The number of hydrogen-bond donors (Lipinski definition) is 2. The smallest absolute Gasteiger partial charge is 0.227 e. The van der Waals surface area contributed by atoms with Gasteiger partial charge in [0, 0.05) is 6.54 Å². The van der Waals surface area contributed by atoms with Crippen LogP contribution in [0.15, 0.2) is 24.3 Å². The first-order valence-corrected chi connectivity index (χ1v) is 7.65. The molecule has 3 heteroatoms. The molecule has 20 heavy (non-hydrogen) atoms. The molecule has 1 aliphatic rings. The third-order valence-corrected chi connectivity index (χ3v) is 4.57. The van der Waals surface area contributed by atoms with Gasteiger partial charge in [-0.25, -0.2) is 0 Å². The SMILES string of the molecule is Cc1cccc([C@@H](C)NC(=O)C2(CN)CCCCC2)c1. The van der Waals surface area contributed by atoms with Crippen molar-refractivity contribution in [3.63, 3.8) is 0 Å². The molecule has 0 radical (unpaired) electrons. The number of amides is 1. The molecule has 0 spiro atoms. The van der Waals surface area contributed by atoms with Crippen molar-refractivity contribution in [1.29, 1.82) is 0 Å². The van der Waals surface area contributed by atoms with Crippen molar-refractivity contribution in [2.45, 2.75) is 52.0 Å². The lowest BCUT2D eigenvalue weighted by molar-refractivity contribution is -0.133. The van der Waals surface area contributed by atoms with Gasteiger partial charge < -0.3 is 11.1 Å². The highest BCUT2D eigenvalue weighted by Crippen LogP contribution is 2.36. The third-order valence-electron chi connectivity index (χ3n) is 4.57. The molecule has 0 unspecified atom stereocenters. The Kier molecular flexibility index (Phi) is 4.81. The van der Waals surface area contributed by atoms with Crippen LogP contribution in [0.1, 0.15) is 56.2 Å². The lowest BCUT2D eigenvalue weighted by Crippen LogP contribution is -2.47.